The maximum Gasteiger partial charge on any atom is 0.248 e. The Balaban J connectivity index is 1.50. The van der Waals surface area contributed by atoms with Gasteiger partial charge in [-0.05, 0) is 37.1 Å². The average Bonchev–Trinajstić information content (AvgIpc) is 2.95. The minimum absolute atomic E-state index is 0.0885. The Morgan fingerprint density at radius 1 is 1.16 bits per heavy atom. The molecule has 0 unspecified atom stereocenters. The largest absolute Gasteiger partial charge is 0.378 e. The molecule has 0 bridgehead atoms. The van der Waals surface area contributed by atoms with E-state index < -0.39 is 11.8 Å². The number of benzene rings is 1. The van der Waals surface area contributed by atoms with Gasteiger partial charge in [-0.2, -0.15) is 0 Å². The summed E-state index contributed by atoms with van der Waals surface area (Å²) in [5.74, 6) is -2.42. The van der Waals surface area contributed by atoms with Crippen LogP contribution < -0.4 is 15.1 Å². The predicted octanol–water partition coefficient (Wildman–Crippen LogP) is 4.33. The van der Waals surface area contributed by atoms with Gasteiger partial charge in [-0.1, -0.05) is 6.07 Å². The van der Waals surface area contributed by atoms with E-state index in [1.165, 1.54) is 0 Å². The number of amides is 1. The summed E-state index contributed by atoms with van der Waals surface area (Å²) in [4.78, 5) is 22.0. The summed E-state index contributed by atoms with van der Waals surface area (Å²) >= 11 is 0. The maximum absolute atomic E-state index is 13.7. The molecule has 2 aromatic rings. The highest BCUT2D eigenvalue weighted by atomic mass is 19.3. The smallest absolute Gasteiger partial charge is 0.248 e. The molecular weight excluding hydrogens is 402 g/mol. The van der Waals surface area contributed by atoms with Gasteiger partial charge in [0.25, 0.3) is 0 Å². The number of carbonyl (C=O) groups is 1. The zero-order valence-electron chi connectivity index (χ0n) is 17.3. The number of nitrogens with one attached hydrogen (secondary N) is 1. The number of nitrogens with zero attached hydrogens (tertiary/aromatic N) is 3. The molecule has 5 rings (SSSR count). The van der Waals surface area contributed by atoms with Crippen molar-refractivity contribution in [3.8, 4) is 0 Å². The highest BCUT2D eigenvalue weighted by Crippen LogP contribution is 2.41. The minimum atomic E-state index is -2.66. The van der Waals surface area contributed by atoms with Crippen LogP contribution >= 0.6 is 0 Å². The fourth-order valence-electron chi connectivity index (χ4n) is 4.63. The molecular formula is C23H26F2N4O2. The second-order valence-corrected chi connectivity index (χ2v) is 8.49. The minimum Gasteiger partial charge on any atom is -0.378 e. The Labute approximate surface area is 180 Å². The maximum atomic E-state index is 13.7. The quantitative estimate of drug-likeness (QED) is 0.772. The molecule has 1 aromatic carbocycles. The van der Waals surface area contributed by atoms with Crippen LogP contribution in [0.15, 0.2) is 36.5 Å². The van der Waals surface area contributed by atoms with E-state index in [1.54, 1.807) is 11.1 Å². The number of halogens is 2. The molecule has 1 saturated carbocycles. The number of rotatable bonds is 2. The fourth-order valence-corrected chi connectivity index (χ4v) is 4.63. The van der Waals surface area contributed by atoms with Gasteiger partial charge >= 0.3 is 0 Å². The Bertz CT molecular complexity index is 968. The average molecular weight is 428 g/mol. The summed E-state index contributed by atoms with van der Waals surface area (Å²) in [6.45, 7) is 3.29. The number of aromatic nitrogens is 1. The number of ether oxygens (including phenoxy) is 1. The molecule has 31 heavy (non-hydrogen) atoms. The monoisotopic (exact) mass is 428 g/mol. The molecule has 0 spiro atoms. The predicted molar refractivity (Wildman–Crippen MR) is 115 cm³/mol. The van der Waals surface area contributed by atoms with Gasteiger partial charge < -0.3 is 19.9 Å². The highest BCUT2D eigenvalue weighted by molar-refractivity contribution is 6.00. The first-order chi connectivity index (χ1) is 15.0. The highest BCUT2D eigenvalue weighted by Gasteiger charge is 2.39. The summed E-state index contributed by atoms with van der Waals surface area (Å²) in [7, 11) is 0. The number of carbonyl (C=O) groups excluding carboxylic acids is 1. The van der Waals surface area contributed by atoms with Crippen LogP contribution in [-0.2, 0) is 16.1 Å². The molecule has 0 radical (unpaired) electrons. The number of pyridine rings is 1. The molecule has 164 valence electrons. The molecule has 2 aliphatic heterocycles. The van der Waals surface area contributed by atoms with Crippen LogP contribution in [0.2, 0.25) is 0 Å². The van der Waals surface area contributed by atoms with Gasteiger partial charge in [0.05, 0.1) is 31.1 Å². The first-order valence-electron chi connectivity index (χ1n) is 10.9. The Hall–Kier alpha value is -2.74. The van der Waals surface area contributed by atoms with E-state index in [2.05, 4.69) is 15.2 Å². The third kappa shape index (κ3) is 4.08. The van der Waals surface area contributed by atoms with Crippen LogP contribution in [0.1, 0.15) is 31.2 Å². The molecule has 1 aliphatic carbocycles. The molecule has 1 aromatic heterocycles. The summed E-state index contributed by atoms with van der Waals surface area (Å²) in [6, 6.07) is 9.82. The molecule has 1 amide bonds. The second kappa shape index (κ2) is 8.07. The van der Waals surface area contributed by atoms with E-state index in [-0.39, 0.29) is 31.6 Å². The standard InChI is InChI=1S/C23H26F2N4O2/c24-23(25)7-5-16(6-8-23)22(30)29-15-17-2-1-9-26-21(17)27-19-4-3-18(14-20(19)29)28-10-12-31-13-11-28/h1-4,9,14,16H,5-8,10-13,15H2,(H,26,27). The summed E-state index contributed by atoms with van der Waals surface area (Å²) < 4.78 is 32.8. The Kier molecular flexibility index (Phi) is 5.25. The van der Waals surface area contributed by atoms with Gasteiger partial charge in [-0.3, -0.25) is 4.79 Å². The molecule has 8 heteroatoms. The van der Waals surface area contributed by atoms with Crippen LogP contribution in [0.3, 0.4) is 0 Å². The second-order valence-electron chi connectivity index (χ2n) is 8.49. The Morgan fingerprint density at radius 3 is 2.71 bits per heavy atom. The van der Waals surface area contributed by atoms with Crippen molar-refractivity contribution >= 4 is 28.8 Å². The lowest BCUT2D eigenvalue weighted by molar-refractivity contribution is -0.126. The van der Waals surface area contributed by atoms with Crippen molar-refractivity contribution in [3.05, 3.63) is 42.1 Å². The van der Waals surface area contributed by atoms with Gasteiger partial charge in [-0.15, -0.1) is 0 Å². The summed E-state index contributed by atoms with van der Waals surface area (Å²) in [6.07, 6.45) is 1.69. The molecule has 3 heterocycles. The molecule has 1 N–H and O–H groups in total. The normalized spacial score (nSPS) is 21.0. The van der Waals surface area contributed by atoms with Crippen molar-refractivity contribution in [3.63, 3.8) is 0 Å². The number of fused-ring (bicyclic) bond motifs is 2. The zero-order valence-corrected chi connectivity index (χ0v) is 17.3. The lowest BCUT2D eigenvalue weighted by atomic mass is 9.85. The van der Waals surface area contributed by atoms with Crippen LogP contribution in [0.25, 0.3) is 0 Å². The van der Waals surface area contributed by atoms with Gasteiger partial charge in [0.2, 0.25) is 11.8 Å². The van der Waals surface area contributed by atoms with E-state index >= 15 is 0 Å². The van der Waals surface area contributed by atoms with Crippen molar-refractivity contribution in [2.45, 2.75) is 38.2 Å². The van der Waals surface area contributed by atoms with Crippen molar-refractivity contribution in [2.24, 2.45) is 5.92 Å². The molecule has 3 aliphatic rings. The number of anilines is 4. The van der Waals surface area contributed by atoms with Crippen molar-refractivity contribution in [1.29, 1.82) is 0 Å². The number of hydrogen-bond donors (Lipinski definition) is 1. The Morgan fingerprint density at radius 2 is 1.94 bits per heavy atom. The zero-order chi connectivity index (χ0) is 21.4. The van der Waals surface area contributed by atoms with E-state index in [0.29, 0.717) is 25.6 Å². The number of alkyl halides is 2. The van der Waals surface area contributed by atoms with Crippen LogP contribution in [0, 0.1) is 5.92 Å². The van der Waals surface area contributed by atoms with Crippen molar-refractivity contribution < 1.29 is 18.3 Å². The SMILES string of the molecule is O=C(C1CCC(F)(F)CC1)N1Cc2cccnc2Nc2ccc(N3CCOCC3)cc21. The molecule has 2 fully saturated rings. The fraction of sp³-hybridized carbons (Fsp3) is 0.478. The topological polar surface area (TPSA) is 57.7 Å². The van der Waals surface area contributed by atoms with Gasteiger partial charge in [-0.25, -0.2) is 13.8 Å². The van der Waals surface area contributed by atoms with Crippen molar-refractivity contribution in [2.75, 3.05) is 41.4 Å². The van der Waals surface area contributed by atoms with E-state index in [1.807, 2.05) is 30.3 Å². The first kappa shape index (κ1) is 20.2. The molecule has 1 saturated heterocycles. The third-order valence-electron chi connectivity index (χ3n) is 6.45. The summed E-state index contributed by atoms with van der Waals surface area (Å²) in [5, 5.41) is 3.37. The first-order valence-corrected chi connectivity index (χ1v) is 10.9. The van der Waals surface area contributed by atoms with Gasteiger partial charge in [0, 0.05) is 49.3 Å². The van der Waals surface area contributed by atoms with Crippen LogP contribution in [0.4, 0.5) is 31.7 Å². The van der Waals surface area contributed by atoms with E-state index in [4.69, 9.17) is 4.74 Å². The summed E-state index contributed by atoms with van der Waals surface area (Å²) in [5.41, 5.74) is 3.49. The van der Waals surface area contributed by atoms with E-state index in [9.17, 15) is 13.6 Å². The van der Waals surface area contributed by atoms with Gasteiger partial charge in [0.1, 0.15) is 5.82 Å². The van der Waals surface area contributed by atoms with Crippen molar-refractivity contribution in [1.82, 2.24) is 4.98 Å². The van der Waals surface area contributed by atoms with E-state index in [0.717, 1.165) is 35.7 Å². The lowest BCUT2D eigenvalue weighted by Crippen LogP contribution is -2.39. The van der Waals surface area contributed by atoms with Crippen LogP contribution in [0.5, 0.6) is 0 Å². The number of hydrogen-bond acceptors (Lipinski definition) is 5. The molecule has 0 atom stereocenters. The molecule has 6 nitrogen and oxygen atoms in total. The third-order valence-corrected chi connectivity index (χ3v) is 6.45. The number of morpholine rings is 1. The van der Waals surface area contributed by atoms with Crippen LogP contribution in [-0.4, -0.2) is 43.1 Å². The lowest BCUT2D eigenvalue weighted by Gasteiger charge is -2.33. The van der Waals surface area contributed by atoms with Gasteiger partial charge in [0.15, 0.2) is 0 Å².